The van der Waals surface area contributed by atoms with E-state index < -0.39 is 5.82 Å². The van der Waals surface area contributed by atoms with Crippen molar-refractivity contribution in [3.05, 3.63) is 34.1 Å². The van der Waals surface area contributed by atoms with Crippen molar-refractivity contribution in [3.8, 4) is 0 Å². The lowest BCUT2D eigenvalue weighted by Crippen LogP contribution is -2.38. The average molecular weight is 313 g/mol. The highest BCUT2D eigenvalue weighted by Crippen LogP contribution is 2.22. The van der Waals surface area contributed by atoms with Gasteiger partial charge in [-0.25, -0.2) is 4.39 Å². The fraction of sp³-hybridized carbons (Fsp3) is 0.562. The zero-order chi connectivity index (χ0) is 15.4. The lowest BCUT2D eigenvalue weighted by molar-refractivity contribution is 0.0787. The first kappa shape index (κ1) is 16.2. The van der Waals surface area contributed by atoms with Gasteiger partial charge in [-0.2, -0.15) is 0 Å². The van der Waals surface area contributed by atoms with Crippen molar-refractivity contribution >= 4 is 17.5 Å². The lowest BCUT2D eigenvalue weighted by atomic mass is 10.0. The predicted octanol–water partition coefficient (Wildman–Crippen LogP) is 3.39. The Bertz CT molecular complexity index is 515. The van der Waals surface area contributed by atoms with Gasteiger partial charge in [-0.15, -0.1) is 0 Å². The number of benzene rings is 1. The Morgan fingerprint density at radius 2 is 2.24 bits per heavy atom. The van der Waals surface area contributed by atoms with E-state index in [1.165, 1.54) is 25.0 Å². The number of aryl methyl sites for hydroxylation is 1. The minimum absolute atomic E-state index is 0.227. The second-order valence-corrected chi connectivity index (χ2v) is 6.15. The molecule has 0 aliphatic carbocycles. The van der Waals surface area contributed by atoms with Crippen LogP contribution in [0.2, 0.25) is 5.02 Å². The van der Waals surface area contributed by atoms with E-state index in [0.29, 0.717) is 23.2 Å². The van der Waals surface area contributed by atoms with Gasteiger partial charge >= 0.3 is 0 Å². The van der Waals surface area contributed by atoms with Crippen LogP contribution in [0.25, 0.3) is 0 Å². The molecule has 2 rings (SSSR count). The molecule has 1 unspecified atom stereocenters. The van der Waals surface area contributed by atoms with Gasteiger partial charge in [0.1, 0.15) is 5.82 Å². The molecule has 1 N–H and O–H groups in total. The molecule has 1 aromatic rings. The second-order valence-electron chi connectivity index (χ2n) is 5.74. The quantitative estimate of drug-likeness (QED) is 0.924. The summed E-state index contributed by atoms with van der Waals surface area (Å²) in [7, 11) is 1.74. The first-order valence-electron chi connectivity index (χ1n) is 7.43. The fourth-order valence-corrected chi connectivity index (χ4v) is 2.94. The average Bonchev–Trinajstić information content (AvgIpc) is 2.49. The van der Waals surface area contributed by atoms with Gasteiger partial charge in [0.2, 0.25) is 0 Å². The number of carbonyl (C=O) groups is 1. The van der Waals surface area contributed by atoms with Crippen LogP contribution in [0.15, 0.2) is 12.1 Å². The highest BCUT2D eigenvalue weighted by Gasteiger charge is 2.19. The van der Waals surface area contributed by atoms with Crippen LogP contribution in [-0.2, 0) is 0 Å². The molecule has 0 bridgehead atoms. The summed E-state index contributed by atoms with van der Waals surface area (Å²) in [6.45, 7) is 3.33. The first-order valence-corrected chi connectivity index (χ1v) is 7.81. The molecule has 116 valence electrons. The molecule has 1 heterocycles. The molecule has 1 aromatic carbocycles. The van der Waals surface area contributed by atoms with E-state index in [2.05, 4.69) is 5.32 Å². The van der Waals surface area contributed by atoms with Crippen molar-refractivity contribution in [2.24, 2.45) is 0 Å². The summed E-state index contributed by atoms with van der Waals surface area (Å²) < 4.78 is 13.6. The van der Waals surface area contributed by atoms with Gasteiger partial charge in [0.15, 0.2) is 0 Å². The Labute approximate surface area is 130 Å². The molecular weight excluding hydrogens is 291 g/mol. The van der Waals surface area contributed by atoms with Crippen molar-refractivity contribution in [1.82, 2.24) is 10.2 Å². The third-order valence-corrected chi connectivity index (χ3v) is 4.36. The van der Waals surface area contributed by atoms with Crippen molar-refractivity contribution in [2.75, 3.05) is 20.1 Å². The molecule has 21 heavy (non-hydrogen) atoms. The third-order valence-electron chi connectivity index (χ3n) is 4.05. The monoisotopic (exact) mass is 312 g/mol. The molecular formula is C16H22ClFN2O. The SMILES string of the molecule is Cc1cc(Cl)c(C(=O)N(C)CCC2CCCCN2)cc1F. The number of rotatable bonds is 4. The van der Waals surface area contributed by atoms with Crippen LogP contribution in [0.4, 0.5) is 4.39 Å². The molecule has 1 atom stereocenters. The summed E-state index contributed by atoms with van der Waals surface area (Å²) in [5.41, 5.74) is 0.685. The van der Waals surface area contributed by atoms with Crippen molar-refractivity contribution in [1.29, 1.82) is 0 Å². The molecule has 5 heteroatoms. The molecule has 0 aromatic heterocycles. The van der Waals surface area contributed by atoms with E-state index in [9.17, 15) is 9.18 Å². The summed E-state index contributed by atoms with van der Waals surface area (Å²) in [6, 6.07) is 3.20. The van der Waals surface area contributed by atoms with Crippen LogP contribution in [0.3, 0.4) is 0 Å². The molecule has 1 aliphatic rings. The summed E-state index contributed by atoms with van der Waals surface area (Å²) in [5, 5.41) is 3.76. The maximum atomic E-state index is 13.6. The number of piperidine rings is 1. The van der Waals surface area contributed by atoms with Gasteiger partial charge in [0, 0.05) is 19.6 Å². The normalized spacial score (nSPS) is 18.6. The number of nitrogens with one attached hydrogen (secondary N) is 1. The van der Waals surface area contributed by atoms with E-state index in [1.807, 2.05) is 0 Å². The van der Waals surface area contributed by atoms with Crippen molar-refractivity contribution < 1.29 is 9.18 Å². The maximum Gasteiger partial charge on any atom is 0.255 e. The molecule has 0 saturated carbocycles. The number of hydrogen-bond acceptors (Lipinski definition) is 2. The minimum Gasteiger partial charge on any atom is -0.342 e. The van der Waals surface area contributed by atoms with E-state index in [-0.39, 0.29) is 11.5 Å². The highest BCUT2D eigenvalue weighted by atomic mass is 35.5. The number of nitrogens with zero attached hydrogens (tertiary/aromatic N) is 1. The predicted molar refractivity (Wildman–Crippen MR) is 83.4 cm³/mol. The molecule has 1 fully saturated rings. The lowest BCUT2D eigenvalue weighted by Gasteiger charge is -2.26. The third kappa shape index (κ3) is 4.17. The van der Waals surface area contributed by atoms with Crippen molar-refractivity contribution in [3.63, 3.8) is 0 Å². The summed E-state index contributed by atoms with van der Waals surface area (Å²) in [6.07, 6.45) is 4.53. The number of amides is 1. The molecule has 1 aliphatic heterocycles. The number of carbonyl (C=O) groups excluding carboxylic acids is 1. The number of hydrogen-bond donors (Lipinski definition) is 1. The fourth-order valence-electron chi connectivity index (χ4n) is 2.64. The maximum absolute atomic E-state index is 13.6. The largest absolute Gasteiger partial charge is 0.342 e. The Morgan fingerprint density at radius 3 is 2.90 bits per heavy atom. The summed E-state index contributed by atoms with van der Waals surface area (Å²) >= 11 is 6.06. The molecule has 3 nitrogen and oxygen atoms in total. The highest BCUT2D eigenvalue weighted by molar-refractivity contribution is 6.33. The van der Waals surface area contributed by atoms with Gasteiger partial charge in [0.05, 0.1) is 10.6 Å². The molecule has 0 radical (unpaired) electrons. The van der Waals surface area contributed by atoms with Crippen LogP contribution in [0.1, 0.15) is 41.6 Å². The van der Waals surface area contributed by atoms with Gasteiger partial charge < -0.3 is 10.2 Å². The molecule has 1 amide bonds. The van der Waals surface area contributed by atoms with Gasteiger partial charge in [-0.3, -0.25) is 4.79 Å². The minimum atomic E-state index is -0.398. The zero-order valence-electron chi connectivity index (χ0n) is 12.6. The Morgan fingerprint density at radius 1 is 1.48 bits per heavy atom. The standard InChI is InChI=1S/C16H22ClFN2O/c1-11-9-14(17)13(10-15(11)18)16(21)20(2)8-6-12-5-3-4-7-19-12/h9-10,12,19H,3-8H2,1-2H3. The molecule has 0 spiro atoms. The first-order chi connectivity index (χ1) is 9.99. The smallest absolute Gasteiger partial charge is 0.255 e. The van der Waals surface area contributed by atoms with Gasteiger partial charge in [-0.05, 0) is 50.4 Å². The summed E-state index contributed by atoms with van der Waals surface area (Å²) in [5.74, 6) is -0.625. The summed E-state index contributed by atoms with van der Waals surface area (Å²) in [4.78, 5) is 14.0. The van der Waals surface area contributed by atoms with Crippen LogP contribution >= 0.6 is 11.6 Å². The van der Waals surface area contributed by atoms with E-state index in [0.717, 1.165) is 19.4 Å². The van der Waals surface area contributed by atoms with Crippen molar-refractivity contribution in [2.45, 2.75) is 38.6 Å². The van der Waals surface area contributed by atoms with E-state index >= 15 is 0 Å². The topological polar surface area (TPSA) is 32.3 Å². The van der Waals surface area contributed by atoms with E-state index in [4.69, 9.17) is 11.6 Å². The Balaban J connectivity index is 1.97. The van der Waals surface area contributed by atoms with Crippen LogP contribution in [0, 0.1) is 12.7 Å². The molecule has 1 saturated heterocycles. The Kier molecular flexibility index (Phi) is 5.59. The van der Waals surface area contributed by atoms with Crippen LogP contribution < -0.4 is 5.32 Å². The van der Waals surface area contributed by atoms with Crippen LogP contribution in [-0.4, -0.2) is 37.0 Å². The number of halogens is 2. The van der Waals surface area contributed by atoms with Gasteiger partial charge in [0.25, 0.3) is 5.91 Å². The van der Waals surface area contributed by atoms with Gasteiger partial charge in [-0.1, -0.05) is 18.0 Å². The zero-order valence-corrected chi connectivity index (χ0v) is 13.3. The van der Waals surface area contributed by atoms with E-state index in [1.54, 1.807) is 18.9 Å². The van der Waals surface area contributed by atoms with Crippen LogP contribution in [0.5, 0.6) is 0 Å². The second kappa shape index (κ2) is 7.23. The Hall–Kier alpha value is -1.13.